The summed E-state index contributed by atoms with van der Waals surface area (Å²) in [5.74, 6) is 0.0227. The van der Waals surface area contributed by atoms with Gasteiger partial charge in [-0.05, 0) is 12.8 Å². The van der Waals surface area contributed by atoms with Crippen molar-refractivity contribution in [3.63, 3.8) is 0 Å². The van der Waals surface area contributed by atoms with Crippen LogP contribution in [0.2, 0.25) is 0 Å². The number of rotatable bonds is 8. The number of carbonyl (C=O) groups is 2. The number of likely N-dealkylation sites (N-methyl/N-ethyl adjacent to an activating group) is 2. The van der Waals surface area contributed by atoms with E-state index in [1.807, 2.05) is 26.0 Å². The highest BCUT2D eigenvalue weighted by atomic mass is 16.8. The Hall–Kier alpha value is -3.38. The fourth-order valence-corrected chi connectivity index (χ4v) is 4.39. The van der Waals surface area contributed by atoms with Crippen LogP contribution in [0.1, 0.15) is 63.0 Å². The Labute approximate surface area is 209 Å². The molecule has 0 saturated heterocycles. The zero-order valence-electron chi connectivity index (χ0n) is 21.4. The first kappa shape index (κ1) is 25.7. The summed E-state index contributed by atoms with van der Waals surface area (Å²) in [4.78, 5) is 45.5. The third-order valence-electron chi connectivity index (χ3n) is 6.21. The summed E-state index contributed by atoms with van der Waals surface area (Å²) in [6.45, 7) is 5.74. The van der Waals surface area contributed by atoms with Gasteiger partial charge in [-0.1, -0.05) is 36.3 Å². The van der Waals surface area contributed by atoms with E-state index in [-0.39, 0.29) is 9.29 Å². The van der Waals surface area contributed by atoms with E-state index in [4.69, 9.17) is 18.7 Å². The lowest BCUT2D eigenvalue weighted by molar-refractivity contribution is -1.07. The van der Waals surface area contributed by atoms with Gasteiger partial charge in [-0.15, -0.1) is 9.29 Å². The molecule has 12 nitrogen and oxygen atoms in total. The third-order valence-corrected chi connectivity index (χ3v) is 6.21. The van der Waals surface area contributed by atoms with Crippen molar-refractivity contribution in [3.8, 4) is 0 Å². The molecule has 2 unspecified atom stereocenters. The summed E-state index contributed by atoms with van der Waals surface area (Å²) < 4.78 is 10.3. The molecule has 0 spiro atoms. The number of nitrogens with zero attached hydrogens (tertiary/aromatic N) is 6. The highest BCUT2D eigenvalue weighted by Gasteiger charge is 2.41. The van der Waals surface area contributed by atoms with Crippen LogP contribution in [0.5, 0.6) is 0 Å². The maximum Gasteiger partial charge on any atom is 0.480 e. The second-order valence-electron chi connectivity index (χ2n) is 9.67. The molecule has 4 heterocycles. The average Bonchev–Trinajstić information content (AvgIpc) is 3.49. The molecule has 4 rings (SSSR count). The summed E-state index contributed by atoms with van der Waals surface area (Å²) >= 11 is 0. The molecule has 0 amide bonds. The Morgan fingerprint density at radius 1 is 0.806 bits per heavy atom. The van der Waals surface area contributed by atoms with E-state index in [0.717, 1.165) is 24.0 Å². The highest BCUT2D eigenvalue weighted by molar-refractivity contribution is 6.29. The summed E-state index contributed by atoms with van der Waals surface area (Å²) in [5, 5.41) is 8.09. The normalized spacial score (nSPS) is 24.1. The van der Waals surface area contributed by atoms with Gasteiger partial charge >= 0.3 is 11.9 Å². The first-order chi connectivity index (χ1) is 17.2. The van der Waals surface area contributed by atoms with Gasteiger partial charge in [0.1, 0.15) is 40.3 Å². The summed E-state index contributed by atoms with van der Waals surface area (Å²) in [6.07, 6.45) is 8.49. The maximum absolute atomic E-state index is 12.7. The maximum atomic E-state index is 12.7. The molecule has 2 atom stereocenters. The first-order valence-electron chi connectivity index (χ1n) is 12.4. The van der Waals surface area contributed by atoms with Gasteiger partial charge in [-0.3, -0.25) is 9.68 Å². The van der Waals surface area contributed by atoms with Crippen LogP contribution >= 0.6 is 0 Å². The minimum atomic E-state index is -1.04. The molecule has 2 aliphatic heterocycles. The van der Waals surface area contributed by atoms with Crippen LogP contribution in [0.4, 0.5) is 0 Å². The fourth-order valence-electron chi connectivity index (χ4n) is 4.39. The molecule has 12 heteroatoms. The van der Waals surface area contributed by atoms with Gasteiger partial charge in [-0.2, -0.15) is 9.97 Å². The van der Waals surface area contributed by atoms with E-state index in [0.29, 0.717) is 75.3 Å². The zero-order chi connectivity index (χ0) is 25.8. The predicted molar refractivity (Wildman–Crippen MR) is 126 cm³/mol. The number of hydrogen-bond acceptors (Lipinski definition) is 10. The topological polar surface area (TPSA) is 130 Å². The number of quaternary nitrogens is 2. The molecule has 194 valence electrons. The number of hydrogen-bond donors (Lipinski definition) is 0. The van der Waals surface area contributed by atoms with Crippen LogP contribution < -0.4 is 0 Å². The van der Waals surface area contributed by atoms with Crippen LogP contribution in [0.15, 0.2) is 21.2 Å². The van der Waals surface area contributed by atoms with Crippen LogP contribution in [-0.2, 0) is 32.1 Å². The fraction of sp³-hybridized carbons (Fsp3) is 0.583. The molecule has 36 heavy (non-hydrogen) atoms. The molecular weight excluding hydrogens is 468 g/mol. The average molecular weight is 503 g/mol. The molecule has 0 aliphatic carbocycles. The van der Waals surface area contributed by atoms with E-state index >= 15 is 0 Å². The van der Waals surface area contributed by atoms with Gasteiger partial charge in [0.25, 0.3) is 0 Å². The molecule has 0 bridgehead atoms. The van der Waals surface area contributed by atoms with Crippen molar-refractivity contribution < 1.29 is 37.6 Å². The Morgan fingerprint density at radius 2 is 1.22 bits per heavy atom. The van der Waals surface area contributed by atoms with E-state index < -0.39 is 11.9 Å². The molecule has 2 aromatic heterocycles. The lowest BCUT2D eigenvalue weighted by Gasteiger charge is -2.34. The van der Waals surface area contributed by atoms with E-state index in [1.165, 1.54) is 0 Å². The van der Waals surface area contributed by atoms with Crippen LogP contribution in [0.3, 0.4) is 0 Å². The van der Waals surface area contributed by atoms with Gasteiger partial charge in [0, 0.05) is 25.7 Å². The highest BCUT2D eigenvalue weighted by Crippen LogP contribution is 2.26. The van der Waals surface area contributed by atoms with Gasteiger partial charge < -0.3 is 9.05 Å². The van der Waals surface area contributed by atoms with Crippen molar-refractivity contribution in [2.45, 2.75) is 52.4 Å². The Kier molecular flexibility index (Phi) is 7.65. The molecule has 0 radical (unpaired) electrons. The summed E-state index contributed by atoms with van der Waals surface area (Å²) in [6, 6.07) is 0. The zero-order valence-corrected chi connectivity index (χ0v) is 21.4. The SMILES string of the molecule is CCCc1nc(C2=CCC[N+](C)(OC(=O)C(=O)O[N+]3(C)CCC=C(c4noc(CCC)n4)C3)C2)no1. The summed E-state index contributed by atoms with van der Waals surface area (Å²) in [5.41, 5.74) is 1.62. The largest absolute Gasteiger partial charge is 0.480 e. The third kappa shape index (κ3) is 6.05. The smallest absolute Gasteiger partial charge is 0.339 e. The minimum absolute atomic E-state index is 0.116. The monoisotopic (exact) mass is 502 g/mol. The Morgan fingerprint density at radius 3 is 1.61 bits per heavy atom. The predicted octanol–water partition coefficient (Wildman–Crippen LogP) is 2.44. The van der Waals surface area contributed by atoms with Crippen molar-refractivity contribution in [2.75, 3.05) is 40.3 Å². The van der Waals surface area contributed by atoms with Crippen molar-refractivity contribution in [3.05, 3.63) is 35.6 Å². The molecular formula is C24H34N6O6+2. The van der Waals surface area contributed by atoms with Crippen molar-refractivity contribution in [1.29, 1.82) is 0 Å². The second-order valence-corrected chi connectivity index (χ2v) is 9.67. The van der Waals surface area contributed by atoms with E-state index in [9.17, 15) is 9.59 Å². The van der Waals surface area contributed by atoms with E-state index in [1.54, 1.807) is 14.1 Å². The Bertz CT molecular complexity index is 1080. The molecule has 2 aromatic rings. The molecule has 0 N–H and O–H groups in total. The molecule has 0 saturated carbocycles. The number of aromatic nitrogens is 4. The van der Waals surface area contributed by atoms with Gasteiger partial charge in [0.15, 0.2) is 0 Å². The lowest BCUT2D eigenvalue weighted by atomic mass is 10.1. The standard InChI is InChI=1S/C24H34N6O6/c1-5-9-19-25-21(27-33-19)17-11-7-13-29(3,15-17)35-23(31)24(32)36-30(4)14-8-12-18(16-30)22-26-20(10-6-2)34-28-22/h11-12H,5-10,13-16H2,1-4H3/q+2. The van der Waals surface area contributed by atoms with Crippen molar-refractivity contribution in [1.82, 2.24) is 20.3 Å². The van der Waals surface area contributed by atoms with Crippen LogP contribution in [0.25, 0.3) is 11.1 Å². The first-order valence-corrected chi connectivity index (χ1v) is 12.4. The van der Waals surface area contributed by atoms with Gasteiger partial charge in [-0.25, -0.2) is 9.59 Å². The second kappa shape index (κ2) is 10.7. The molecule has 0 aromatic carbocycles. The lowest BCUT2D eigenvalue weighted by Crippen LogP contribution is -2.53. The van der Waals surface area contributed by atoms with Crippen molar-refractivity contribution in [2.24, 2.45) is 0 Å². The van der Waals surface area contributed by atoms with Crippen LogP contribution in [0, 0.1) is 0 Å². The molecule has 0 fully saturated rings. The summed E-state index contributed by atoms with van der Waals surface area (Å²) in [7, 11) is 3.49. The van der Waals surface area contributed by atoms with Gasteiger partial charge in [0.2, 0.25) is 23.4 Å². The molecule has 2 aliphatic rings. The van der Waals surface area contributed by atoms with Gasteiger partial charge in [0.05, 0.1) is 11.1 Å². The number of aryl methyl sites for hydroxylation is 2. The van der Waals surface area contributed by atoms with Crippen LogP contribution in [-0.4, -0.2) is 81.8 Å². The number of hydroxylamine groups is 6. The number of carbonyl (C=O) groups excluding carboxylic acids is 2. The quantitative estimate of drug-likeness (QED) is 0.392. The van der Waals surface area contributed by atoms with E-state index in [2.05, 4.69) is 20.3 Å². The van der Waals surface area contributed by atoms with Crippen molar-refractivity contribution >= 4 is 23.1 Å². The Balaban J connectivity index is 1.35. The minimum Gasteiger partial charge on any atom is -0.339 e.